The van der Waals surface area contributed by atoms with Crippen molar-refractivity contribution in [3.05, 3.63) is 29.3 Å². The summed E-state index contributed by atoms with van der Waals surface area (Å²) in [6.07, 6.45) is 2.47. The number of anilines is 1. The van der Waals surface area contributed by atoms with E-state index in [0.29, 0.717) is 6.54 Å². The molecule has 1 aromatic carbocycles. The first-order chi connectivity index (χ1) is 11.6. The van der Waals surface area contributed by atoms with Crippen molar-refractivity contribution in [1.82, 2.24) is 10.2 Å². The Hall–Kier alpha value is -1.88. The van der Waals surface area contributed by atoms with Crippen molar-refractivity contribution in [1.29, 1.82) is 0 Å². The molecule has 0 spiro atoms. The summed E-state index contributed by atoms with van der Waals surface area (Å²) in [5, 5.41) is 5.49. The number of hydrogen-bond donors (Lipinski definition) is 2. The maximum atomic E-state index is 12.2. The average Bonchev–Trinajstić information content (AvgIpc) is 2.61. The lowest BCUT2D eigenvalue weighted by Crippen LogP contribution is -2.37. The number of aryl methyl sites for hydroxylation is 2. The summed E-state index contributed by atoms with van der Waals surface area (Å²) >= 11 is 0. The molecule has 2 N–H and O–H groups in total. The van der Waals surface area contributed by atoms with Crippen LogP contribution in [0.1, 0.15) is 45.2 Å². The minimum atomic E-state index is -0.589. The SMILES string of the molecule is CCc1cccc(CC)c1NC(=O)C(=O)NCCCN(CC)CC. The number of hydrogen-bond acceptors (Lipinski definition) is 3. The monoisotopic (exact) mass is 333 g/mol. The number of benzene rings is 1. The van der Waals surface area contributed by atoms with Gasteiger partial charge in [0.2, 0.25) is 0 Å². The molecule has 0 aliphatic heterocycles. The average molecular weight is 333 g/mol. The maximum absolute atomic E-state index is 12.2. The van der Waals surface area contributed by atoms with E-state index in [2.05, 4.69) is 29.4 Å². The zero-order valence-electron chi connectivity index (χ0n) is 15.4. The van der Waals surface area contributed by atoms with Crippen LogP contribution in [0.4, 0.5) is 5.69 Å². The van der Waals surface area contributed by atoms with Crippen LogP contribution in [0.15, 0.2) is 18.2 Å². The van der Waals surface area contributed by atoms with E-state index in [1.165, 1.54) is 0 Å². The summed E-state index contributed by atoms with van der Waals surface area (Å²) in [5.74, 6) is -1.16. The van der Waals surface area contributed by atoms with Gasteiger partial charge in [-0.1, -0.05) is 45.9 Å². The molecule has 0 radical (unpaired) electrons. The largest absolute Gasteiger partial charge is 0.348 e. The molecule has 24 heavy (non-hydrogen) atoms. The molecule has 0 aliphatic carbocycles. The Bertz CT molecular complexity index is 517. The van der Waals surface area contributed by atoms with Gasteiger partial charge in [-0.15, -0.1) is 0 Å². The van der Waals surface area contributed by atoms with Gasteiger partial charge >= 0.3 is 11.8 Å². The van der Waals surface area contributed by atoms with Gasteiger partial charge in [0.1, 0.15) is 0 Å². The maximum Gasteiger partial charge on any atom is 0.313 e. The van der Waals surface area contributed by atoms with Gasteiger partial charge in [0.15, 0.2) is 0 Å². The molecule has 0 bridgehead atoms. The quantitative estimate of drug-likeness (QED) is 0.539. The van der Waals surface area contributed by atoms with E-state index < -0.39 is 11.8 Å². The summed E-state index contributed by atoms with van der Waals surface area (Å²) in [6, 6.07) is 5.95. The van der Waals surface area contributed by atoms with Gasteiger partial charge in [-0.25, -0.2) is 0 Å². The van der Waals surface area contributed by atoms with Crippen molar-refractivity contribution in [3.8, 4) is 0 Å². The van der Waals surface area contributed by atoms with Gasteiger partial charge in [0, 0.05) is 12.2 Å². The molecule has 2 amide bonds. The van der Waals surface area contributed by atoms with Crippen molar-refractivity contribution < 1.29 is 9.59 Å². The predicted octanol–water partition coefficient (Wildman–Crippen LogP) is 2.60. The van der Waals surface area contributed by atoms with Crippen molar-refractivity contribution in [3.63, 3.8) is 0 Å². The minimum absolute atomic E-state index is 0.513. The van der Waals surface area contributed by atoms with Crippen molar-refractivity contribution >= 4 is 17.5 Å². The van der Waals surface area contributed by atoms with E-state index in [9.17, 15) is 9.59 Å². The van der Waals surface area contributed by atoms with Crippen LogP contribution in [0.25, 0.3) is 0 Å². The number of carbonyl (C=O) groups is 2. The third-order valence-electron chi connectivity index (χ3n) is 4.27. The topological polar surface area (TPSA) is 61.4 Å². The molecular weight excluding hydrogens is 302 g/mol. The zero-order chi connectivity index (χ0) is 17.9. The molecule has 5 nitrogen and oxygen atoms in total. The number of amides is 2. The van der Waals surface area contributed by atoms with E-state index in [1.54, 1.807) is 0 Å². The molecule has 1 rings (SSSR count). The van der Waals surface area contributed by atoms with E-state index in [-0.39, 0.29) is 0 Å². The molecule has 0 fully saturated rings. The highest BCUT2D eigenvalue weighted by atomic mass is 16.2. The van der Waals surface area contributed by atoms with Gasteiger partial charge in [0.05, 0.1) is 0 Å². The minimum Gasteiger partial charge on any atom is -0.348 e. The second-order valence-electron chi connectivity index (χ2n) is 5.75. The Morgan fingerprint density at radius 3 is 2.04 bits per heavy atom. The highest BCUT2D eigenvalue weighted by Crippen LogP contribution is 2.22. The number of nitrogens with one attached hydrogen (secondary N) is 2. The first-order valence-electron chi connectivity index (χ1n) is 8.99. The van der Waals surface area contributed by atoms with E-state index in [1.807, 2.05) is 32.0 Å². The van der Waals surface area contributed by atoms with Crippen LogP contribution < -0.4 is 10.6 Å². The van der Waals surface area contributed by atoms with Crippen LogP contribution in [0.5, 0.6) is 0 Å². The number of nitrogens with zero attached hydrogens (tertiary/aromatic N) is 1. The Balaban J connectivity index is 2.55. The number of carbonyl (C=O) groups excluding carboxylic acids is 2. The lowest BCUT2D eigenvalue weighted by atomic mass is 10.0. The first kappa shape index (κ1) is 20.2. The molecule has 134 valence electrons. The van der Waals surface area contributed by atoms with Crippen LogP contribution in [0.3, 0.4) is 0 Å². The molecule has 5 heteroatoms. The Kier molecular flexibility index (Phi) is 9.08. The Morgan fingerprint density at radius 1 is 0.958 bits per heavy atom. The molecule has 0 aromatic heterocycles. The molecule has 1 aromatic rings. The van der Waals surface area contributed by atoms with Crippen molar-refractivity contribution in [2.45, 2.75) is 47.0 Å². The highest BCUT2D eigenvalue weighted by Gasteiger charge is 2.16. The normalized spacial score (nSPS) is 10.7. The van der Waals surface area contributed by atoms with Crippen molar-refractivity contribution in [2.24, 2.45) is 0 Å². The van der Waals surface area contributed by atoms with Gasteiger partial charge in [-0.2, -0.15) is 0 Å². The van der Waals surface area contributed by atoms with Crippen molar-refractivity contribution in [2.75, 3.05) is 31.5 Å². The van der Waals surface area contributed by atoms with Crippen LogP contribution in [-0.4, -0.2) is 42.9 Å². The summed E-state index contributed by atoms with van der Waals surface area (Å²) < 4.78 is 0. The number of para-hydroxylation sites is 1. The summed E-state index contributed by atoms with van der Waals surface area (Å²) in [4.78, 5) is 26.4. The smallest absolute Gasteiger partial charge is 0.313 e. The van der Waals surface area contributed by atoms with Crippen LogP contribution in [0, 0.1) is 0 Å². The summed E-state index contributed by atoms with van der Waals surface area (Å²) in [6.45, 7) is 11.7. The molecule has 0 saturated carbocycles. The lowest BCUT2D eigenvalue weighted by molar-refractivity contribution is -0.136. The Morgan fingerprint density at radius 2 is 1.54 bits per heavy atom. The first-order valence-corrected chi connectivity index (χ1v) is 8.99. The summed E-state index contributed by atoms with van der Waals surface area (Å²) in [7, 11) is 0. The summed E-state index contributed by atoms with van der Waals surface area (Å²) in [5.41, 5.74) is 2.89. The third-order valence-corrected chi connectivity index (χ3v) is 4.27. The molecule has 0 saturated heterocycles. The third kappa shape index (κ3) is 5.96. The molecule has 0 aliphatic rings. The second-order valence-corrected chi connectivity index (χ2v) is 5.75. The van der Waals surface area contributed by atoms with E-state index in [4.69, 9.17) is 0 Å². The van der Waals surface area contributed by atoms with Gasteiger partial charge < -0.3 is 15.5 Å². The fraction of sp³-hybridized carbons (Fsp3) is 0.579. The van der Waals surface area contributed by atoms with E-state index >= 15 is 0 Å². The van der Waals surface area contributed by atoms with Gasteiger partial charge in [-0.05, 0) is 50.0 Å². The molecule has 0 unspecified atom stereocenters. The van der Waals surface area contributed by atoms with Crippen LogP contribution in [-0.2, 0) is 22.4 Å². The fourth-order valence-corrected chi connectivity index (χ4v) is 2.70. The van der Waals surface area contributed by atoms with Gasteiger partial charge in [0.25, 0.3) is 0 Å². The second kappa shape index (κ2) is 10.8. The van der Waals surface area contributed by atoms with E-state index in [0.717, 1.165) is 55.7 Å². The molecule has 0 atom stereocenters. The standard InChI is InChI=1S/C19H31N3O2/c1-5-15-11-9-12-16(6-2)17(15)21-19(24)18(23)20-13-10-14-22(7-3)8-4/h9,11-12H,5-8,10,13-14H2,1-4H3,(H,20,23)(H,21,24). The van der Waals surface area contributed by atoms with Crippen LogP contribution >= 0.6 is 0 Å². The zero-order valence-corrected chi connectivity index (χ0v) is 15.4. The number of rotatable bonds is 9. The predicted molar refractivity (Wildman–Crippen MR) is 99.2 cm³/mol. The van der Waals surface area contributed by atoms with Gasteiger partial charge in [-0.3, -0.25) is 9.59 Å². The molecule has 0 heterocycles. The highest BCUT2D eigenvalue weighted by molar-refractivity contribution is 6.39. The molecular formula is C19H31N3O2. The lowest BCUT2D eigenvalue weighted by Gasteiger charge is -2.17. The van der Waals surface area contributed by atoms with Crippen LogP contribution in [0.2, 0.25) is 0 Å². The fourth-order valence-electron chi connectivity index (χ4n) is 2.70. The Labute approximate surface area is 145 Å².